The van der Waals surface area contributed by atoms with Crippen molar-refractivity contribution in [2.24, 2.45) is 0 Å². The molecule has 1 heterocycles. The molecule has 0 N–H and O–H groups in total. The third-order valence-corrected chi connectivity index (χ3v) is 4.34. The summed E-state index contributed by atoms with van der Waals surface area (Å²) in [5, 5.41) is 0.631. The number of fused-ring (bicyclic) bond motifs is 4. The molecule has 0 saturated heterocycles. The standard InChI is InChI=1S/C19H16O3/c1-10-8-11(2)17-14(9-10)16(20)15-18(21-3)12-6-4-5-7-13(12)19(15)22-17/h4-9,18H,1-3H3/t18-/m1/s1. The van der Waals surface area contributed by atoms with Crippen molar-refractivity contribution in [3.05, 3.63) is 68.9 Å². The topological polar surface area (TPSA) is 39.4 Å². The van der Waals surface area contributed by atoms with Crippen LogP contribution in [0.25, 0.3) is 22.3 Å². The van der Waals surface area contributed by atoms with Crippen LogP contribution in [0.4, 0.5) is 0 Å². The minimum atomic E-state index is -0.354. The Hall–Kier alpha value is -2.39. The molecule has 0 bridgehead atoms. The summed E-state index contributed by atoms with van der Waals surface area (Å²) in [5.41, 5.74) is 5.26. The SMILES string of the molecule is CO[C@@H]1c2ccccc2-c2oc3c(C)cc(C)cc3c(=O)c21. The Morgan fingerprint density at radius 2 is 1.91 bits per heavy atom. The Balaban J connectivity index is 2.18. The fourth-order valence-electron chi connectivity index (χ4n) is 3.43. The summed E-state index contributed by atoms with van der Waals surface area (Å²) < 4.78 is 11.7. The Morgan fingerprint density at radius 3 is 2.68 bits per heavy atom. The number of hydrogen-bond acceptors (Lipinski definition) is 3. The highest BCUT2D eigenvalue weighted by atomic mass is 16.5. The molecule has 0 saturated carbocycles. The van der Waals surface area contributed by atoms with Gasteiger partial charge < -0.3 is 9.15 Å². The Labute approximate surface area is 128 Å². The van der Waals surface area contributed by atoms with Crippen molar-refractivity contribution in [2.75, 3.05) is 7.11 Å². The number of aryl methyl sites for hydroxylation is 2. The maximum atomic E-state index is 13.0. The van der Waals surface area contributed by atoms with Gasteiger partial charge in [0.05, 0.1) is 10.9 Å². The van der Waals surface area contributed by atoms with Crippen molar-refractivity contribution in [1.29, 1.82) is 0 Å². The number of hydrogen-bond donors (Lipinski definition) is 0. The zero-order chi connectivity index (χ0) is 15.4. The van der Waals surface area contributed by atoms with Crippen molar-refractivity contribution in [1.82, 2.24) is 0 Å². The molecule has 0 spiro atoms. The monoisotopic (exact) mass is 292 g/mol. The molecular formula is C19H16O3. The summed E-state index contributed by atoms with van der Waals surface area (Å²) >= 11 is 0. The van der Waals surface area contributed by atoms with E-state index in [1.165, 1.54) is 0 Å². The molecule has 3 aromatic rings. The van der Waals surface area contributed by atoms with Gasteiger partial charge in [-0.2, -0.15) is 0 Å². The molecule has 3 nitrogen and oxygen atoms in total. The van der Waals surface area contributed by atoms with Gasteiger partial charge in [0.25, 0.3) is 0 Å². The van der Waals surface area contributed by atoms with E-state index in [1.807, 2.05) is 50.2 Å². The molecule has 2 aromatic carbocycles. The first kappa shape index (κ1) is 13.3. The third-order valence-electron chi connectivity index (χ3n) is 4.34. The molecule has 4 rings (SSSR count). The van der Waals surface area contributed by atoms with Gasteiger partial charge in [0.2, 0.25) is 0 Å². The number of benzene rings is 2. The van der Waals surface area contributed by atoms with E-state index >= 15 is 0 Å². The predicted molar refractivity (Wildman–Crippen MR) is 86.2 cm³/mol. The molecule has 0 fully saturated rings. The molecular weight excluding hydrogens is 276 g/mol. The largest absolute Gasteiger partial charge is 0.455 e. The van der Waals surface area contributed by atoms with Crippen LogP contribution >= 0.6 is 0 Å². The van der Waals surface area contributed by atoms with Crippen LogP contribution in [0.3, 0.4) is 0 Å². The maximum Gasteiger partial charge on any atom is 0.199 e. The second kappa shape index (κ2) is 4.55. The predicted octanol–water partition coefficient (Wildman–Crippen LogP) is 4.13. The molecule has 3 heteroatoms. The van der Waals surface area contributed by atoms with Gasteiger partial charge in [-0.3, -0.25) is 4.79 Å². The number of ether oxygens (including phenoxy) is 1. The summed E-state index contributed by atoms with van der Waals surface area (Å²) in [6.45, 7) is 3.96. The Morgan fingerprint density at radius 1 is 1.14 bits per heavy atom. The van der Waals surface area contributed by atoms with Gasteiger partial charge in [0.15, 0.2) is 5.43 Å². The van der Waals surface area contributed by atoms with Crippen molar-refractivity contribution < 1.29 is 9.15 Å². The molecule has 1 atom stereocenters. The van der Waals surface area contributed by atoms with E-state index in [9.17, 15) is 4.79 Å². The maximum absolute atomic E-state index is 13.0. The van der Waals surface area contributed by atoms with Crippen LogP contribution in [0.1, 0.15) is 28.4 Å². The Bertz CT molecular complexity index is 966. The van der Waals surface area contributed by atoms with Gasteiger partial charge in [-0.1, -0.05) is 30.3 Å². The van der Waals surface area contributed by atoms with Crippen LogP contribution in [-0.2, 0) is 4.74 Å². The summed E-state index contributed by atoms with van der Waals surface area (Å²) in [4.78, 5) is 13.0. The fraction of sp³-hybridized carbons (Fsp3) is 0.211. The summed E-state index contributed by atoms with van der Waals surface area (Å²) in [6.07, 6.45) is -0.354. The number of rotatable bonds is 1. The lowest BCUT2D eigenvalue weighted by Gasteiger charge is -2.11. The van der Waals surface area contributed by atoms with Crippen LogP contribution in [0.2, 0.25) is 0 Å². The Kier molecular flexibility index (Phi) is 2.75. The molecule has 1 aromatic heterocycles. The van der Waals surface area contributed by atoms with E-state index in [1.54, 1.807) is 7.11 Å². The summed E-state index contributed by atoms with van der Waals surface area (Å²) in [6, 6.07) is 11.8. The summed E-state index contributed by atoms with van der Waals surface area (Å²) in [7, 11) is 1.63. The molecule has 0 radical (unpaired) electrons. The summed E-state index contributed by atoms with van der Waals surface area (Å²) in [5.74, 6) is 0.645. The van der Waals surface area contributed by atoms with E-state index in [0.29, 0.717) is 22.3 Å². The molecule has 1 aliphatic carbocycles. The molecule has 110 valence electrons. The minimum Gasteiger partial charge on any atom is -0.455 e. The first-order valence-corrected chi connectivity index (χ1v) is 7.32. The zero-order valence-electron chi connectivity index (χ0n) is 12.8. The lowest BCUT2D eigenvalue weighted by atomic mass is 10.0. The quantitative estimate of drug-likeness (QED) is 0.677. The van der Waals surface area contributed by atoms with Crippen LogP contribution < -0.4 is 5.43 Å². The molecule has 0 unspecified atom stereocenters. The lowest BCUT2D eigenvalue weighted by molar-refractivity contribution is 0.139. The van der Waals surface area contributed by atoms with Gasteiger partial charge in [-0.25, -0.2) is 0 Å². The van der Waals surface area contributed by atoms with Crippen molar-refractivity contribution in [3.63, 3.8) is 0 Å². The molecule has 1 aliphatic rings. The molecule has 22 heavy (non-hydrogen) atoms. The van der Waals surface area contributed by atoms with Crippen LogP contribution in [0.15, 0.2) is 45.6 Å². The van der Waals surface area contributed by atoms with E-state index in [2.05, 4.69) is 0 Å². The molecule has 0 amide bonds. The average molecular weight is 292 g/mol. The van der Waals surface area contributed by atoms with Crippen LogP contribution in [0.5, 0.6) is 0 Å². The van der Waals surface area contributed by atoms with Gasteiger partial charge >= 0.3 is 0 Å². The molecule has 0 aliphatic heterocycles. The highest BCUT2D eigenvalue weighted by Crippen LogP contribution is 2.44. The second-order valence-corrected chi connectivity index (χ2v) is 5.84. The van der Waals surface area contributed by atoms with Crippen molar-refractivity contribution >= 4 is 11.0 Å². The third kappa shape index (κ3) is 1.63. The van der Waals surface area contributed by atoms with Crippen molar-refractivity contribution in [3.8, 4) is 11.3 Å². The first-order chi connectivity index (χ1) is 10.6. The van der Waals surface area contributed by atoms with Crippen molar-refractivity contribution in [2.45, 2.75) is 20.0 Å². The zero-order valence-corrected chi connectivity index (χ0v) is 12.8. The van der Waals surface area contributed by atoms with E-state index in [0.717, 1.165) is 22.3 Å². The number of methoxy groups -OCH3 is 1. The van der Waals surface area contributed by atoms with E-state index in [-0.39, 0.29) is 11.5 Å². The second-order valence-electron chi connectivity index (χ2n) is 5.84. The van der Waals surface area contributed by atoms with Gasteiger partial charge in [0.1, 0.15) is 17.4 Å². The lowest BCUT2D eigenvalue weighted by Crippen LogP contribution is -2.14. The van der Waals surface area contributed by atoms with Gasteiger partial charge in [0, 0.05) is 12.7 Å². The van der Waals surface area contributed by atoms with Gasteiger partial charge in [-0.05, 0) is 36.6 Å². The first-order valence-electron chi connectivity index (χ1n) is 7.32. The smallest absolute Gasteiger partial charge is 0.199 e. The fourth-order valence-corrected chi connectivity index (χ4v) is 3.43. The van der Waals surface area contributed by atoms with Crippen LogP contribution in [0, 0.1) is 13.8 Å². The van der Waals surface area contributed by atoms with Crippen LogP contribution in [-0.4, -0.2) is 7.11 Å². The van der Waals surface area contributed by atoms with E-state index < -0.39 is 0 Å². The minimum absolute atomic E-state index is 0.00565. The average Bonchev–Trinajstić information content (AvgIpc) is 2.83. The highest BCUT2D eigenvalue weighted by molar-refractivity contribution is 5.86. The van der Waals surface area contributed by atoms with Gasteiger partial charge in [-0.15, -0.1) is 0 Å². The van der Waals surface area contributed by atoms with E-state index in [4.69, 9.17) is 9.15 Å². The normalized spacial score (nSPS) is 15.9. The highest BCUT2D eigenvalue weighted by Gasteiger charge is 2.34.